The highest BCUT2D eigenvalue weighted by Gasteiger charge is 2.46. The first-order chi connectivity index (χ1) is 8.09. The van der Waals surface area contributed by atoms with Gasteiger partial charge in [-0.15, -0.1) is 0 Å². The largest absolute Gasteiger partial charge is 0.479 e. The molecule has 0 aromatic rings. The van der Waals surface area contributed by atoms with Gasteiger partial charge in [-0.2, -0.15) is 0 Å². The van der Waals surface area contributed by atoms with E-state index in [0.717, 1.165) is 19.3 Å². The Morgan fingerprint density at radius 3 is 2.65 bits per heavy atom. The predicted molar refractivity (Wildman–Crippen MR) is 59.3 cm³/mol. The monoisotopic (exact) mass is 242 g/mol. The van der Waals surface area contributed by atoms with Gasteiger partial charge in [0.2, 0.25) is 5.91 Å². The number of nitrogens with two attached hydrogens (primary N) is 1. The molecule has 1 aliphatic heterocycles. The maximum Gasteiger partial charge on any atom is 0.334 e. The van der Waals surface area contributed by atoms with Crippen LogP contribution in [-0.4, -0.2) is 54.2 Å². The van der Waals surface area contributed by atoms with Crippen molar-refractivity contribution < 1.29 is 19.4 Å². The maximum absolute atomic E-state index is 12.3. The van der Waals surface area contributed by atoms with E-state index >= 15 is 0 Å². The maximum atomic E-state index is 12.3. The first-order valence-corrected chi connectivity index (χ1v) is 5.93. The molecule has 0 aromatic carbocycles. The van der Waals surface area contributed by atoms with Crippen molar-refractivity contribution in [1.82, 2.24) is 4.90 Å². The Hall–Kier alpha value is -1.14. The van der Waals surface area contributed by atoms with Gasteiger partial charge in [-0.05, 0) is 12.8 Å². The highest BCUT2D eigenvalue weighted by molar-refractivity contribution is 5.85. The highest BCUT2D eigenvalue weighted by atomic mass is 16.5. The lowest BCUT2D eigenvalue weighted by Gasteiger charge is -2.44. The fourth-order valence-corrected chi connectivity index (χ4v) is 2.43. The summed E-state index contributed by atoms with van der Waals surface area (Å²) in [5.74, 6) is -1.02. The van der Waals surface area contributed by atoms with Crippen LogP contribution in [0.2, 0.25) is 0 Å². The predicted octanol–water partition coefficient (Wildman–Crippen LogP) is -0.573. The van der Waals surface area contributed by atoms with E-state index in [1.807, 2.05) is 0 Å². The van der Waals surface area contributed by atoms with Gasteiger partial charge >= 0.3 is 5.97 Å². The lowest BCUT2D eigenvalue weighted by molar-refractivity contribution is -0.164. The van der Waals surface area contributed by atoms with Crippen LogP contribution in [0.25, 0.3) is 0 Å². The summed E-state index contributed by atoms with van der Waals surface area (Å²) in [6.45, 7) is 1.23. The number of amides is 1. The molecule has 6 heteroatoms. The molecule has 0 aromatic heterocycles. The van der Waals surface area contributed by atoms with Crippen LogP contribution in [0.5, 0.6) is 0 Å². The molecule has 1 aliphatic carbocycles. The third kappa shape index (κ3) is 2.14. The molecular formula is C11H18N2O4. The van der Waals surface area contributed by atoms with Gasteiger partial charge in [-0.3, -0.25) is 4.79 Å². The van der Waals surface area contributed by atoms with Gasteiger partial charge in [-0.1, -0.05) is 6.42 Å². The number of hydrogen-bond donors (Lipinski definition) is 2. The second-order valence-corrected chi connectivity index (χ2v) is 4.79. The van der Waals surface area contributed by atoms with Crippen molar-refractivity contribution in [3.63, 3.8) is 0 Å². The summed E-state index contributed by atoms with van der Waals surface area (Å²) in [6.07, 6.45) is 1.76. The lowest BCUT2D eigenvalue weighted by Crippen LogP contribution is -2.57. The molecule has 1 unspecified atom stereocenters. The molecule has 3 N–H and O–H groups in total. The van der Waals surface area contributed by atoms with Crippen molar-refractivity contribution in [1.29, 1.82) is 0 Å². The summed E-state index contributed by atoms with van der Waals surface area (Å²) in [5, 5.41) is 8.88. The Balaban J connectivity index is 2.02. The number of rotatable bonds is 3. The molecule has 1 saturated carbocycles. The first kappa shape index (κ1) is 12.3. The average molecular weight is 242 g/mol. The standard InChI is InChI=1S/C11H18N2O4/c12-7-11(2-1-3-11)10(16)13-4-5-17-8(6-13)9(14)15/h8H,1-7,12H2,(H,14,15). The van der Waals surface area contributed by atoms with E-state index in [2.05, 4.69) is 0 Å². The van der Waals surface area contributed by atoms with Gasteiger partial charge in [0.05, 0.1) is 18.6 Å². The van der Waals surface area contributed by atoms with E-state index < -0.39 is 17.5 Å². The Bertz CT molecular complexity index is 322. The summed E-state index contributed by atoms with van der Waals surface area (Å²) < 4.78 is 5.09. The Morgan fingerprint density at radius 1 is 1.47 bits per heavy atom. The quantitative estimate of drug-likeness (QED) is 0.691. The SMILES string of the molecule is NCC1(C(=O)N2CCOC(C(=O)O)C2)CCC1. The van der Waals surface area contributed by atoms with Crippen molar-refractivity contribution in [3.05, 3.63) is 0 Å². The molecule has 1 amide bonds. The fourth-order valence-electron chi connectivity index (χ4n) is 2.43. The van der Waals surface area contributed by atoms with Gasteiger partial charge in [-0.25, -0.2) is 4.79 Å². The van der Waals surface area contributed by atoms with E-state index in [1.165, 1.54) is 0 Å². The number of carboxylic acids is 1. The summed E-state index contributed by atoms with van der Waals surface area (Å²) in [6, 6.07) is 0. The fraction of sp³-hybridized carbons (Fsp3) is 0.818. The van der Waals surface area contributed by atoms with E-state index in [9.17, 15) is 9.59 Å². The Labute approximate surface area is 99.7 Å². The van der Waals surface area contributed by atoms with Crippen LogP contribution in [0.1, 0.15) is 19.3 Å². The highest BCUT2D eigenvalue weighted by Crippen LogP contribution is 2.41. The normalized spacial score (nSPS) is 27.4. The minimum absolute atomic E-state index is 0.000741. The Morgan fingerprint density at radius 2 is 2.18 bits per heavy atom. The second-order valence-electron chi connectivity index (χ2n) is 4.79. The summed E-state index contributed by atoms with van der Waals surface area (Å²) in [5.41, 5.74) is 5.25. The molecule has 2 aliphatic rings. The number of aliphatic carboxylic acids is 1. The minimum atomic E-state index is -1.02. The summed E-state index contributed by atoms with van der Waals surface area (Å²) >= 11 is 0. The molecular weight excluding hydrogens is 224 g/mol. The number of carboxylic acid groups (broad SMARTS) is 1. The van der Waals surface area contributed by atoms with Gasteiger partial charge < -0.3 is 20.5 Å². The van der Waals surface area contributed by atoms with Crippen molar-refractivity contribution in [2.45, 2.75) is 25.4 Å². The number of nitrogens with zero attached hydrogens (tertiary/aromatic N) is 1. The van der Waals surface area contributed by atoms with Crippen molar-refractivity contribution in [3.8, 4) is 0 Å². The molecule has 17 heavy (non-hydrogen) atoms. The molecule has 2 rings (SSSR count). The number of hydrogen-bond acceptors (Lipinski definition) is 4. The summed E-state index contributed by atoms with van der Waals surface area (Å²) in [4.78, 5) is 24.7. The van der Waals surface area contributed by atoms with E-state index in [-0.39, 0.29) is 19.1 Å². The van der Waals surface area contributed by atoms with Gasteiger partial charge in [0.15, 0.2) is 6.10 Å². The van der Waals surface area contributed by atoms with E-state index in [4.69, 9.17) is 15.6 Å². The number of ether oxygens (including phenoxy) is 1. The number of morpholine rings is 1. The topological polar surface area (TPSA) is 92.9 Å². The third-order valence-corrected chi connectivity index (χ3v) is 3.78. The van der Waals surface area contributed by atoms with Crippen LogP contribution in [0.4, 0.5) is 0 Å². The molecule has 0 bridgehead atoms. The minimum Gasteiger partial charge on any atom is -0.479 e. The zero-order chi connectivity index (χ0) is 12.5. The van der Waals surface area contributed by atoms with Crippen LogP contribution in [0.15, 0.2) is 0 Å². The van der Waals surface area contributed by atoms with Crippen LogP contribution >= 0.6 is 0 Å². The molecule has 0 radical (unpaired) electrons. The van der Waals surface area contributed by atoms with Gasteiger partial charge in [0.1, 0.15) is 0 Å². The van der Waals surface area contributed by atoms with Gasteiger partial charge in [0, 0.05) is 13.1 Å². The molecule has 1 atom stereocenters. The molecule has 1 heterocycles. The number of carbonyl (C=O) groups is 2. The van der Waals surface area contributed by atoms with Crippen LogP contribution in [0, 0.1) is 5.41 Å². The zero-order valence-corrected chi connectivity index (χ0v) is 9.72. The molecule has 96 valence electrons. The smallest absolute Gasteiger partial charge is 0.334 e. The van der Waals surface area contributed by atoms with Crippen LogP contribution in [0.3, 0.4) is 0 Å². The van der Waals surface area contributed by atoms with Crippen molar-refractivity contribution >= 4 is 11.9 Å². The number of carbonyl (C=O) groups excluding carboxylic acids is 1. The zero-order valence-electron chi connectivity index (χ0n) is 9.72. The van der Waals surface area contributed by atoms with Crippen LogP contribution in [-0.2, 0) is 14.3 Å². The lowest BCUT2D eigenvalue weighted by atomic mass is 9.67. The van der Waals surface area contributed by atoms with Crippen molar-refractivity contribution in [2.24, 2.45) is 11.1 Å². The molecule has 1 saturated heterocycles. The van der Waals surface area contributed by atoms with Gasteiger partial charge in [0.25, 0.3) is 0 Å². The van der Waals surface area contributed by atoms with Crippen LogP contribution < -0.4 is 5.73 Å². The van der Waals surface area contributed by atoms with E-state index in [0.29, 0.717) is 13.1 Å². The van der Waals surface area contributed by atoms with E-state index in [1.54, 1.807) is 4.90 Å². The molecule has 0 spiro atoms. The molecule has 2 fully saturated rings. The Kier molecular flexibility index (Phi) is 3.35. The first-order valence-electron chi connectivity index (χ1n) is 5.93. The molecule has 6 nitrogen and oxygen atoms in total. The summed E-state index contributed by atoms with van der Waals surface area (Å²) in [7, 11) is 0. The van der Waals surface area contributed by atoms with Crippen molar-refractivity contribution in [2.75, 3.05) is 26.2 Å². The average Bonchev–Trinajstić information content (AvgIpc) is 2.28. The third-order valence-electron chi connectivity index (χ3n) is 3.78. The second kappa shape index (κ2) is 4.62.